The molecule has 0 amide bonds. The fraction of sp³-hybridized carbons (Fsp3) is 0.400. The predicted molar refractivity (Wildman–Crippen MR) is 83.7 cm³/mol. The smallest absolute Gasteiger partial charge is 0.0641 e. The second-order valence-corrected chi connectivity index (χ2v) is 6.16. The van der Waals surface area contributed by atoms with Gasteiger partial charge in [0.25, 0.3) is 0 Å². The second-order valence-electron chi connectivity index (χ2n) is 5.34. The highest BCUT2D eigenvalue weighted by Gasteiger charge is 2.23. The number of aromatic nitrogens is 2. The third-order valence-corrected chi connectivity index (χ3v) is 4.67. The van der Waals surface area contributed by atoms with E-state index in [-0.39, 0.29) is 6.04 Å². The second kappa shape index (κ2) is 5.30. The zero-order chi connectivity index (χ0) is 14.3. The molecule has 1 aromatic carbocycles. The van der Waals surface area contributed by atoms with Gasteiger partial charge in [-0.25, -0.2) is 0 Å². The van der Waals surface area contributed by atoms with Gasteiger partial charge in [0.15, 0.2) is 0 Å². The number of anilines is 1. The van der Waals surface area contributed by atoms with Crippen molar-refractivity contribution in [3.63, 3.8) is 0 Å². The summed E-state index contributed by atoms with van der Waals surface area (Å²) in [5.74, 6) is 0. The molecular formula is C15H17Cl2N3. The maximum Gasteiger partial charge on any atom is 0.0641 e. The fourth-order valence-corrected chi connectivity index (χ4v) is 3.24. The third kappa shape index (κ3) is 2.40. The van der Waals surface area contributed by atoms with E-state index in [1.807, 2.05) is 37.0 Å². The van der Waals surface area contributed by atoms with Crippen molar-refractivity contribution >= 4 is 28.9 Å². The fourth-order valence-electron chi connectivity index (χ4n) is 2.80. The molecule has 1 aromatic heterocycles. The average molecular weight is 310 g/mol. The van der Waals surface area contributed by atoms with Gasteiger partial charge in [0.2, 0.25) is 0 Å². The van der Waals surface area contributed by atoms with Gasteiger partial charge in [-0.2, -0.15) is 5.10 Å². The number of nitrogens with zero attached hydrogens (tertiary/aromatic N) is 2. The first-order valence-corrected chi connectivity index (χ1v) is 7.55. The van der Waals surface area contributed by atoms with E-state index in [1.54, 1.807) is 0 Å². The maximum absolute atomic E-state index is 6.31. The van der Waals surface area contributed by atoms with Crippen molar-refractivity contribution in [2.75, 3.05) is 5.32 Å². The van der Waals surface area contributed by atoms with E-state index in [4.69, 9.17) is 23.2 Å². The molecule has 106 valence electrons. The van der Waals surface area contributed by atoms with Crippen molar-refractivity contribution in [2.45, 2.75) is 32.2 Å². The molecular weight excluding hydrogens is 293 g/mol. The molecule has 0 saturated carbocycles. The topological polar surface area (TPSA) is 29.9 Å². The van der Waals surface area contributed by atoms with Crippen LogP contribution in [0.5, 0.6) is 0 Å². The van der Waals surface area contributed by atoms with Crippen LogP contribution >= 0.6 is 23.2 Å². The Morgan fingerprint density at radius 1 is 1.30 bits per heavy atom. The van der Waals surface area contributed by atoms with Gasteiger partial charge < -0.3 is 5.32 Å². The molecule has 0 radical (unpaired) electrons. The van der Waals surface area contributed by atoms with E-state index in [1.165, 1.54) is 11.3 Å². The largest absolute Gasteiger partial charge is 0.377 e. The Balaban J connectivity index is 1.91. The first kappa shape index (κ1) is 13.8. The first-order chi connectivity index (χ1) is 9.56. The molecule has 0 aliphatic heterocycles. The number of aryl methyl sites for hydroxylation is 2. The van der Waals surface area contributed by atoms with Gasteiger partial charge >= 0.3 is 0 Å². The molecule has 0 fully saturated rings. The number of nitrogens with one attached hydrogen (secondary N) is 1. The molecule has 3 rings (SSSR count). The van der Waals surface area contributed by atoms with Crippen LogP contribution in [0.3, 0.4) is 0 Å². The van der Waals surface area contributed by atoms with Crippen LogP contribution in [0, 0.1) is 6.92 Å². The van der Waals surface area contributed by atoms with Crippen LogP contribution in [-0.2, 0) is 13.5 Å². The predicted octanol–water partition coefficient (Wildman–Crippen LogP) is 4.52. The highest BCUT2D eigenvalue weighted by molar-refractivity contribution is 6.35. The molecule has 0 spiro atoms. The molecule has 1 unspecified atom stereocenters. The number of hydrogen-bond acceptors (Lipinski definition) is 2. The minimum atomic E-state index is 0.253. The number of benzene rings is 1. The molecule has 1 aliphatic rings. The zero-order valence-corrected chi connectivity index (χ0v) is 13.1. The van der Waals surface area contributed by atoms with E-state index < -0.39 is 0 Å². The summed E-state index contributed by atoms with van der Waals surface area (Å²) in [6, 6.07) is 4.06. The van der Waals surface area contributed by atoms with Crippen LogP contribution in [-0.4, -0.2) is 9.78 Å². The van der Waals surface area contributed by atoms with Crippen LogP contribution < -0.4 is 5.32 Å². The number of fused-ring (bicyclic) bond motifs is 1. The standard InChI is InChI=1S/C15H17Cl2N3/c1-9-6-12(17)14(7-11(9)16)19-13-4-3-5-15-10(13)8-18-20(15)2/h6-8,13,19H,3-5H2,1-2H3. The molecule has 1 heterocycles. The molecule has 1 atom stereocenters. The summed E-state index contributed by atoms with van der Waals surface area (Å²) in [4.78, 5) is 0. The molecule has 1 N–H and O–H groups in total. The number of rotatable bonds is 2. The Hall–Kier alpha value is -1.19. The SMILES string of the molecule is Cc1cc(Cl)c(NC2CCCc3c2cnn3C)cc1Cl. The van der Waals surface area contributed by atoms with E-state index >= 15 is 0 Å². The Morgan fingerprint density at radius 3 is 2.90 bits per heavy atom. The van der Waals surface area contributed by atoms with Crippen molar-refractivity contribution < 1.29 is 0 Å². The summed E-state index contributed by atoms with van der Waals surface area (Å²) in [6.07, 6.45) is 5.28. The normalized spacial score (nSPS) is 17.9. The van der Waals surface area contributed by atoms with E-state index in [0.717, 1.165) is 35.5 Å². The van der Waals surface area contributed by atoms with Crippen molar-refractivity contribution in [3.8, 4) is 0 Å². The maximum atomic E-state index is 6.31. The third-order valence-electron chi connectivity index (χ3n) is 3.95. The van der Waals surface area contributed by atoms with Crippen LogP contribution in [0.2, 0.25) is 10.0 Å². The van der Waals surface area contributed by atoms with E-state index in [0.29, 0.717) is 5.02 Å². The van der Waals surface area contributed by atoms with Gasteiger partial charge in [-0.1, -0.05) is 23.2 Å². The van der Waals surface area contributed by atoms with Gasteiger partial charge in [0, 0.05) is 23.3 Å². The highest BCUT2D eigenvalue weighted by Crippen LogP contribution is 2.36. The summed E-state index contributed by atoms with van der Waals surface area (Å²) in [5, 5.41) is 9.33. The number of halogens is 2. The molecule has 1 aliphatic carbocycles. The average Bonchev–Trinajstić information content (AvgIpc) is 2.79. The summed E-state index contributed by atoms with van der Waals surface area (Å²) in [7, 11) is 2.00. The Labute approximate surface area is 128 Å². The lowest BCUT2D eigenvalue weighted by atomic mass is 9.93. The van der Waals surface area contributed by atoms with Gasteiger partial charge in [0.05, 0.1) is 22.9 Å². The van der Waals surface area contributed by atoms with Gasteiger partial charge in [-0.15, -0.1) is 0 Å². The lowest BCUT2D eigenvalue weighted by Gasteiger charge is -2.25. The van der Waals surface area contributed by atoms with Gasteiger partial charge in [-0.3, -0.25) is 4.68 Å². The van der Waals surface area contributed by atoms with Crippen LogP contribution in [0.1, 0.15) is 35.7 Å². The minimum absolute atomic E-state index is 0.253. The van der Waals surface area contributed by atoms with Crippen molar-refractivity contribution in [1.29, 1.82) is 0 Å². The Bertz CT molecular complexity index is 649. The molecule has 20 heavy (non-hydrogen) atoms. The quantitative estimate of drug-likeness (QED) is 0.883. The highest BCUT2D eigenvalue weighted by atomic mass is 35.5. The molecule has 5 heteroatoms. The monoisotopic (exact) mass is 309 g/mol. The first-order valence-electron chi connectivity index (χ1n) is 6.79. The minimum Gasteiger partial charge on any atom is -0.377 e. The summed E-state index contributed by atoms with van der Waals surface area (Å²) in [6.45, 7) is 1.96. The molecule has 2 aromatic rings. The summed E-state index contributed by atoms with van der Waals surface area (Å²) in [5.41, 5.74) is 4.46. The summed E-state index contributed by atoms with van der Waals surface area (Å²) >= 11 is 12.5. The van der Waals surface area contributed by atoms with Crippen LogP contribution in [0.25, 0.3) is 0 Å². The Morgan fingerprint density at radius 2 is 2.10 bits per heavy atom. The Kier molecular flexibility index (Phi) is 3.65. The van der Waals surface area contributed by atoms with Crippen LogP contribution in [0.15, 0.2) is 18.3 Å². The lowest BCUT2D eigenvalue weighted by molar-refractivity contribution is 0.571. The van der Waals surface area contributed by atoms with Gasteiger partial charge in [0.1, 0.15) is 0 Å². The van der Waals surface area contributed by atoms with Crippen molar-refractivity contribution in [2.24, 2.45) is 7.05 Å². The van der Waals surface area contributed by atoms with Crippen molar-refractivity contribution in [1.82, 2.24) is 9.78 Å². The molecule has 0 bridgehead atoms. The van der Waals surface area contributed by atoms with Crippen molar-refractivity contribution in [3.05, 3.63) is 45.2 Å². The number of hydrogen-bond donors (Lipinski definition) is 1. The summed E-state index contributed by atoms with van der Waals surface area (Å²) < 4.78 is 1.97. The van der Waals surface area contributed by atoms with E-state index in [9.17, 15) is 0 Å². The molecule has 3 nitrogen and oxygen atoms in total. The van der Waals surface area contributed by atoms with Gasteiger partial charge in [-0.05, 0) is 43.9 Å². The zero-order valence-electron chi connectivity index (χ0n) is 11.6. The van der Waals surface area contributed by atoms with Crippen LogP contribution in [0.4, 0.5) is 5.69 Å². The lowest BCUT2D eigenvalue weighted by Crippen LogP contribution is -2.18. The molecule has 0 saturated heterocycles. The van der Waals surface area contributed by atoms with E-state index in [2.05, 4.69) is 10.4 Å².